The van der Waals surface area contributed by atoms with Gasteiger partial charge in [0.15, 0.2) is 0 Å². The van der Waals surface area contributed by atoms with E-state index in [2.05, 4.69) is 10.4 Å². The van der Waals surface area contributed by atoms with Gasteiger partial charge in [0.1, 0.15) is 5.82 Å². The SMILES string of the molecule is Cc1sc(C(=O)Nc2ccnn2Cc2cccc(Cl)c2Cl)cc1[N+](=O)[O-]. The number of thiophene rings is 1. The van der Waals surface area contributed by atoms with Gasteiger partial charge in [0.25, 0.3) is 11.6 Å². The smallest absolute Gasteiger partial charge is 0.283 e. The van der Waals surface area contributed by atoms with E-state index in [0.717, 1.165) is 16.9 Å². The van der Waals surface area contributed by atoms with Crippen molar-refractivity contribution in [3.8, 4) is 0 Å². The van der Waals surface area contributed by atoms with Crippen LogP contribution in [0.25, 0.3) is 0 Å². The summed E-state index contributed by atoms with van der Waals surface area (Å²) in [6.07, 6.45) is 1.54. The summed E-state index contributed by atoms with van der Waals surface area (Å²) in [5, 5.41) is 18.7. The third-order valence-electron chi connectivity index (χ3n) is 3.62. The van der Waals surface area contributed by atoms with Crippen LogP contribution in [0.5, 0.6) is 0 Å². The standard InChI is InChI=1S/C16H12Cl2N4O3S/c1-9-12(22(24)25)7-13(26-9)16(23)20-14-5-6-19-21(14)8-10-3-2-4-11(17)15(10)18/h2-7H,8H2,1H3,(H,20,23). The van der Waals surface area contributed by atoms with Crippen molar-refractivity contribution in [3.05, 3.63) is 72.0 Å². The van der Waals surface area contributed by atoms with E-state index in [4.69, 9.17) is 23.2 Å². The Kier molecular flexibility index (Phi) is 5.26. The van der Waals surface area contributed by atoms with Crippen LogP contribution in [-0.4, -0.2) is 20.6 Å². The highest BCUT2D eigenvalue weighted by Gasteiger charge is 2.20. The van der Waals surface area contributed by atoms with Crippen molar-refractivity contribution in [1.82, 2.24) is 9.78 Å². The summed E-state index contributed by atoms with van der Waals surface area (Å²) >= 11 is 13.3. The number of amides is 1. The quantitative estimate of drug-likeness (QED) is 0.484. The summed E-state index contributed by atoms with van der Waals surface area (Å²) in [6, 6.07) is 8.17. The molecule has 2 aromatic heterocycles. The molecule has 1 amide bonds. The lowest BCUT2D eigenvalue weighted by molar-refractivity contribution is -0.385. The number of halogens is 2. The van der Waals surface area contributed by atoms with Gasteiger partial charge in [0.2, 0.25) is 0 Å². The second kappa shape index (κ2) is 7.45. The molecule has 2 heterocycles. The second-order valence-electron chi connectivity index (χ2n) is 5.35. The average molecular weight is 411 g/mol. The predicted molar refractivity (Wildman–Crippen MR) is 101 cm³/mol. The van der Waals surface area contributed by atoms with Crippen LogP contribution in [0.3, 0.4) is 0 Å². The zero-order valence-electron chi connectivity index (χ0n) is 13.4. The molecule has 0 spiro atoms. The van der Waals surface area contributed by atoms with E-state index in [1.807, 2.05) is 6.07 Å². The lowest BCUT2D eigenvalue weighted by Gasteiger charge is -2.10. The van der Waals surface area contributed by atoms with Crippen LogP contribution in [0, 0.1) is 17.0 Å². The van der Waals surface area contributed by atoms with Gasteiger partial charge >= 0.3 is 0 Å². The summed E-state index contributed by atoms with van der Waals surface area (Å²) in [6.45, 7) is 1.91. The van der Waals surface area contributed by atoms with E-state index in [-0.39, 0.29) is 10.6 Å². The first-order chi connectivity index (χ1) is 12.4. The highest BCUT2D eigenvalue weighted by atomic mass is 35.5. The topological polar surface area (TPSA) is 90.1 Å². The molecule has 1 N–H and O–H groups in total. The number of aryl methyl sites for hydroxylation is 1. The Hall–Kier alpha value is -2.42. The van der Waals surface area contributed by atoms with Gasteiger partial charge in [-0.15, -0.1) is 11.3 Å². The molecular weight excluding hydrogens is 399 g/mol. The molecule has 7 nitrogen and oxygen atoms in total. The fourth-order valence-electron chi connectivity index (χ4n) is 2.34. The molecule has 0 fully saturated rings. The van der Waals surface area contributed by atoms with Crippen molar-refractivity contribution in [1.29, 1.82) is 0 Å². The van der Waals surface area contributed by atoms with E-state index in [0.29, 0.717) is 27.3 Å². The Bertz CT molecular complexity index is 999. The van der Waals surface area contributed by atoms with Crippen LogP contribution in [0.2, 0.25) is 10.0 Å². The number of hydrogen-bond acceptors (Lipinski definition) is 5. The Labute approximate surface area is 162 Å². The van der Waals surface area contributed by atoms with E-state index in [1.165, 1.54) is 12.3 Å². The summed E-state index contributed by atoms with van der Waals surface area (Å²) in [4.78, 5) is 23.6. The number of benzene rings is 1. The first-order valence-electron chi connectivity index (χ1n) is 7.37. The molecule has 0 saturated heterocycles. The first-order valence-corrected chi connectivity index (χ1v) is 8.95. The zero-order chi connectivity index (χ0) is 18.8. The molecule has 0 aliphatic heterocycles. The van der Waals surface area contributed by atoms with Crippen LogP contribution in [0.1, 0.15) is 20.1 Å². The molecule has 0 radical (unpaired) electrons. The van der Waals surface area contributed by atoms with E-state index >= 15 is 0 Å². The zero-order valence-corrected chi connectivity index (χ0v) is 15.7. The van der Waals surface area contributed by atoms with Crippen molar-refractivity contribution >= 4 is 52.0 Å². The second-order valence-corrected chi connectivity index (χ2v) is 7.39. The van der Waals surface area contributed by atoms with Crippen molar-refractivity contribution < 1.29 is 9.72 Å². The van der Waals surface area contributed by atoms with Crippen molar-refractivity contribution in [2.24, 2.45) is 0 Å². The number of carbonyl (C=O) groups is 1. The van der Waals surface area contributed by atoms with Gasteiger partial charge in [-0.3, -0.25) is 14.9 Å². The minimum atomic E-state index is -0.506. The van der Waals surface area contributed by atoms with Gasteiger partial charge in [-0.25, -0.2) is 4.68 Å². The average Bonchev–Trinajstić information content (AvgIpc) is 3.18. The van der Waals surface area contributed by atoms with Gasteiger partial charge in [0.05, 0.1) is 37.5 Å². The van der Waals surface area contributed by atoms with Gasteiger partial charge in [-0.1, -0.05) is 35.3 Å². The molecule has 0 saturated carbocycles. The summed E-state index contributed by atoms with van der Waals surface area (Å²) in [5.74, 6) is 0.00453. The number of nitrogens with zero attached hydrogens (tertiary/aromatic N) is 3. The molecule has 10 heteroatoms. The molecule has 1 aromatic carbocycles. The number of aromatic nitrogens is 2. The normalized spacial score (nSPS) is 10.7. The summed E-state index contributed by atoms with van der Waals surface area (Å²) in [7, 11) is 0. The van der Waals surface area contributed by atoms with Gasteiger partial charge in [-0.2, -0.15) is 5.10 Å². The summed E-state index contributed by atoms with van der Waals surface area (Å²) in [5.41, 5.74) is 0.681. The van der Waals surface area contributed by atoms with Crippen LogP contribution < -0.4 is 5.32 Å². The van der Waals surface area contributed by atoms with Crippen LogP contribution in [-0.2, 0) is 6.54 Å². The van der Waals surface area contributed by atoms with E-state index < -0.39 is 10.8 Å². The monoisotopic (exact) mass is 410 g/mol. The van der Waals surface area contributed by atoms with E-state index in [9.17, 15) is 14.9 Å². The Morgan fingerprint density at radius 3 is 2.85 bits per heavy atom. The van der Waals surface area contributed by atoms with Crippen molar-refractivity contribution in [3.63, 3.8) is 0 Å². The van der Waals surface area contributed by atoms with Crippen molar-refractivity contribution in [2.75, 3.05) is 5.32 Å². The van der Waals surface area contributed by atoms with Gasteiger partial charge < -0.3 is 5.32 Å². The molecule has 3 rings (SSSR count). The van der Waals surface area contributed by atoms with E-state index in [1.54, 1.807) is 29.8 Å². The molecule has 0 atom stereocenters. The number of hydrogen-bond donors (Lipinski definition) is 1. The Morgan fingerprint density at radius 2 is 2.15 bits per heavy atom. The molecule has 0 bridgehead atoms. The highest BCUT2D eigenvalue weighted by molar-refractivity contribution is 7.14. The molecule has 0 aliphatic rings. The maximum Gasteiger partial charge on any atom is 0.283 e. The van der Waals surface area contributed by atoms with Crippen LogP contribution in [0.4, 0.5) is 11.5 Å². The molecule has 134 valence electrons. The minimum Gasteiger partial charge on any atom is -0.306 e. The minimum absolute atomic E-state index is 0.0700. The first kappa shape index (κ1) is 18.4. The number of rotatable bonds is 5. The maximum absolute atomic E-state index is 12.4. The highest BCUT2D eigenvalue weighted by Crippen LogP contribution is 2.29. The Balaban J connectivity index is 1.80. The summed E-state index contributed by atoms with van der Waals surface area (Å²) < 4.78 is 1.56. The fraction of sp³-hybridized carbons (Fsp3) is 0.125. The number of nitro groups is 1. The molecule has 26 heavy (non-hydrogen) atoms. The van der Waals surface area contributed by atoms with Crippen LogP contribution in [0.15, 0.2) is 36.5 Å². The third-order valence-corrected chi connectivity index (χ3v) is 5.52. The molecular formula is C16H12Cl2N4O3S. The van der Waals surface area contributed by atoms with Crippen molar-refractivity contribution in [2.45, 2.75) is 13.5 Å². The van der Waals surface area contributed by atoms with Gasteiger partial charge in [0, 0.05) is 12.1 Å². The number of nitrogens with one attached hydrogen (secondary N) is 1. The molecule has 3 aromatic rings. The lowest BCUT2D eigenvalue weighted by Crippen LogP contribution is -2.15. The Morgan fingerprint density at radius 1 is 1.38 bits per heavy atom. The third kappa shape index (κ3) is 3.72. The van der Waals surface area contributed by atoms with Crippen LogP contribution >= 0.6 is 34.5 Å². The predicted octanol–water partition coefficient (Wildman–Crippen LogP) is 4.77. The fourth-order valence-corrected chi connectivity index (χ4v) is 3.60. The maximum atomic E-state index is 12.4. The molecule has 0 unspecified atom stereocenters. The number of carbonyl (C=O) groups excluding carboxylic acids is 1. The number of anilines is 1. The molecule has 0 aliphatic carbocycles. The van der Waals surface area contributed by atoms with Gasteiger partial charge in [-0.05, 0) is 18.6 Å². The largest absolute Gasteiger partial charge is 0.306 e. The lowest BCUT2D eigenvalue weighted by atomic mass is 10.2.